The van der Waals surface area contributed by atoms with E-state index >= 15 is 0 Å². The lowest BCUT2D eigenvalue weighted by molar-refractivity contribution is 0.0997. The van der Waals surface area contributed by atoms with Gasteiger partial charge in [0, 0.05) is 10.6 Å². The zero-order valence-corrected chi connectivity index (χ0v) is 11.6. The monoisotopic (exact) mass is 314 g/mol. The maximum absolute atomic E-state index is 13.6. The summed E-state index contributed by atoms with van der Waals surface area (Å²) in [5, 5.41) is 0.146. The molecule has 0 bridgehead atoms. The largest absolute Gasteiger partial charge is 0.399 e. The van der Waals surface area contributed by atoms with Crippen LogP contribution in [0.2, 0.25) is 5.02 Å². The third-order valence-electron chi connectivity index (χ3n) is 2.44. The molecule has 0 aromatic heterocycles. The normalized spacial score (nSPS) is 10.6. The van der Waals surface area contributed by atoms with Crippen molar-refractivity contribution in [3.8, 4) is 0 Å². The lowest BCUT2D eigenvalue weighted by Crippen LogP contribution is -2.13. The van der Waals surface area contributed by atoms with E-state index in [1.165, 1.54) is 12.1 Å². The lowest BCUT2D eigenvalue weighted by atomic mass is 10.2. The van der Waals surface area contributed by atoms with Crippen molar-refractivity contribution < 1.29 is 13.6 Å². The fourth-order valence-electron chi connectivity index (χ4n) is 1.57. The summed E-state index contributed by atoms with van der Waals surface area (Å²) in [7, 11) is 0. The van der Waals surface area contributed by atoms with E-state index in [1.54, 1.807) is 0 Å². The number of primary amides is 1. The number of carbonyl (C=O) groups excluding carboxylic acids is 1. The summed E-state index contributed by atoms with van der Waals surface area (Å²) in [5.41, 5.74) is 11.1. The standard InChI is InChI=1S/C13H9ClF2N2OS/c14-9-5-7(17)4-8(13(18)19)12(9)20-11-3-6(15)1-2-10(11)16/h1-5H,17H2,(H2,18,19). The van der Waals surface area contributed by atoms with Gasteiger partial charge in [0.25, 0.3) is 0 Å². The Kier molecular flexibility index (Phi) is 4.15. The molecular formula is C13H9ClF2N2OS. The van der Waals surface area contributed by atoms with E-state index in [2.05, 4.69) is 0 Å². The highest BCUT2D eigenvalue weighted by Crippen LogP contribution is 2.38. The van der Waals surface area contributed by atoms with Crippen LogP contribution in [-0.4, -0.2) is 5.91 Å². The second-order valence-corrected chi connectivity index (χ2v) is 5.38. The van der Waals surface area contributed by atoms with Crippen molar-refractivity contribution in [2.75, 3.05) is 5.73 Å². The van der Waals surface area contributed by atoms with Gasteiger partial charge in [0.2, 0.25) is 5.91 Å². The molecule has 0 spiro atoms. The summed E-state index contributed by atoms with van der Waals surface area (Å²) in [4.78, 5) is 11.6. The highest BCUT2D eigenvalue weighted by atomic mass is 35.5. The third kappa shape index (κ3) is 3.02. The van der Waals surface area contributed by atoms with Gasteiger partial charge in [-0.2, -0.15) is 0 Å². The zero-order valence-electron chi connectivity index (χ0n) is 9.99. The Morgan fingerprint density at radius 2 is 1.90 bits per heavy atom. The van der Waals surface area contributed by atoms with Crippen LogP contribution in [0, 0.1) is 11.6 Å². The summed E-state index contributed by atoms with van der Waals surface area (Å²) in [5.74, 6) is -1.97. The molecule has 0 saturated carbocycles. The van der Waals surface area contributed by atoms with Gasteiger partial charge >= 0.3 is 0 Å². The number of nitrogens with two attached hydrogens (primary N) is 2. The number of carbonyl (C=O) groups is 1. The van der Waals surface area contributed by atoms with E-state index < -0.39 is 17.5 Å². The van der Waals surface area contributed by atoms with Crippen LogP contribution in [0.5, 0.6) is 0 Å². The molecule has 0 aliphatic carbocycles. The number of hydrogen-bond donors (Lipinski definition) is 2. The van der Waals surface area contributed by atoms with Crippen molar-refractivity contribution in [3.63, 3.8) is 0 Å². The maximum Gasteiger partial charge on any atom is 0.249 e. The first kappa shape index (κ1) is 14.6. The minimum Gasteiger partial charge on any atom is -0.399 e. The molecule has 2 aromatic carbocycles. The topological polar surface area (TPSA) is 69.1 Å². The second-order valence-electron chi connectivity index (χ2n) is 3.92. The Morgan fingerprint density at radius 3 is 2.55 bits per heavy atom. The lowest BCUT2D eigenvalue weighted by Gasteiger charge is -2.10. The predicted molar refractivity (Wildman–Crippen MR) is 74.9 cm³/mol. The molecule has 4 N–H and O–H groups in total. The highest BCUT2D eigenvalue weighted by Gasteiger charge is 2.16. The molecule has 0 aliphatic heterocycles. The molecule has 0 heterocycles. The predicted octanol–water partition coefficient (Wildman–Crippen LogP) is 3.45. The summed E-state index contributed by atoms with van der Waals surface area (Å²) in [6.45, 7) is 0. The first-order valence-corrected chi connectivity index (χ1v) is 6.59. The first-order valence-electron chi connectivity index (χ1n) is 5.40. The second kappa shape index (κ2) is 5.68. The zero-order chi connectivity index (χ0) is 14.9. The molecular weight excluding hydrogens is 306 g/mol. The number of amides is 1. The molecule has 0 fully saturated rings. The number of rotatable bonds is 3. The maximum atomic E-state index is 13.6. The molecule has 2 aromatic rings. The molecule has 1 amide bonds. The minimum absolute atomic E-state index is 0.000767. The molecule has 0 radical (unpaired) electrons. The quantitative estimate of drug-likeness (QED) is 0.853. The van der Waals surface area contributed by atoms with E-state index in [-0.39, 0.29) is 26.1 Å². The smallest absolute Gasteiger partial charge is 0.249 e. The van der Waals surface area contributed by atoms with Crippen LogP contribution in [0.4, 0.5) is 14.5 Å². The van der Waals surface area contributed by atoms with Gasteiger partial charge in [0.15, 0.2) is 0 Å². The number of benzene rings is 2. The van der Waals surface area contributed by atoms with Gasteiger partial charge < -0.3 is 11.5 Å². The molecule has 104 valence electrons. The average molecular weight is 315 g/mol. The van der Waals surface area contributed by atoms with E-state index in [1.807, 2.05) is 0 Å². The van der Waals surface area contributed by atoms with Gasteiger partial charge in [-0.15, -0.1) is 0 Å². The van der Waals surface area contributed by atoms with Gasteiger partial charge in [-0.05, 0) is 30.3 Å². The fourth-order valence-corrected chi connectivity index (χ4v) is 2.89. The summed E-state index contributed by atoms with van der Waals surface area (Å²) < 4.78 is 26.8. The van der Waals surface area contributed by atoms with Crippen LogP contribution < -0.4 is 11.5 Å². The first-order chi connectivity index (χ1) is 9.38. The van der Waals surface area contributed by atoms with Crippen LogP contribution in [0.25, 0.3) is 0 Å². The summed E-state index contributed by atoms with van der Waals surface area (Å²) in [6, 6.07) is 5.75. The average Bonchev–Trinajstić information content (AvgIpc) is 2.36. The van der Waals surface area contributed by atoms with E-state index in [9.17, 15) is 13.6 Å². The van der Waals surface area contributed by atoms with Crippen molar-refractivity contribution in [1.82, 2.24) is 0 Å². The molecule has 3 nitrogen and oxygen atoms in total. The Balaban J connectivity index is 2.53. The molecule has 7 heteroatoms. The third-order valence-corrected chi connectivity index (χ3v) is 4.02. The van der Waals surface area contributed by atoms with Crippen LogP contribution in [-0.2, 0) is 0 Å². The van der Waals surface area contributed by atoms with Crippen LogP contribution >= 0.6 is 23.4 Å². The Morgan fingerprint density at radius 1 is 1.20 bits per heavy atom. The summed E-state index contributed by atoms with van der Waals surface area (Å²) in [6.07, 6.45) is 0. The molecule has 0 aliphatic rings. The molecule has 2 rings (SSSR count). The fraction of sp³-hybridized carbons (Fsp3) is 0. The molecule has 0 saturated heterocycles. The van der Waals surface area contributed by atoms with Gasteiger partial charge in [-0.25, -0.2) is 8.78 Å². The highest BCUT2D eigenvalue weighted by molar-refractivity contribution is 7.99. The van der Waals surface area contributed by atoms with Crippen LogP contribution in [0.3, 0.4) is 0 Å². The van der Waals surface area contributed by atoms with Crippen molar-refractivity contribution in [2.45, 2.75) is 9.79 Å². The Labute approximate surface area is 122 Å². The Hall–Kier alpha value is -1.79. The molecule has 20 heavy (non-hydrogen) atoms. The van der Waals surface area contributed by atoms with E-state index in [0.717, 1.165) is 30.0 Å². The number of nitrogen functional groups attached to an aromatic ring is 1. The SMILES string of the molecule is NC(=O)c1cc(N)cc(Cl)c1Sc1cc(F)ccc1F. The number of hydrogen-bond acceptors (Lipinski definition) is 3. The van der Waals surface area contributed by atoms with Crippen LogP contribution in [0.1, 0.15) is 10.4 Å². The number of anilines is 1. The summed E-state index contributed by atoms with van der Waals surface area (Å²) >= 11 is 6.81. The van der Waals surface area contributed by atoms with Crippen LogP contribution in [0.15, 0.2) is 40.1 Å². The number of halogens is 3. The van der Waals surface area contributed by atoms with E-state index in [0.29, 0.717) is 0 Å². The van der Waals surface area contributed by atoms with Gasteiger partial charge in [-0.3, -0.25) is 4.79 Å². The Bertz CT molecular complexity index is 694. The van der Waals surface area contributed by atoms with Gasteiger partial charge in [0.1, 0.15) is 11.6 Å². The van der Waals surface area contributed by atoms with Gasteiger partial charge in [-0.1, -0.05) is 23.4 Å². The van der Waals surface area contributed by atoms with E-state index in [4.69, 9.17) is 23.1 Å². The minimum atomic E-state index is -0.751. The van der Waals surface area contributed by atoms with Crippen molar-refractivity contribution >= 4 is 35.0 Å². The van der Waals surface area contributed by atoms with Crippen molar-refractivity contribution in [3.05, 3.63) is 52.6 Å². The van der Waals surface area contributed by atoms with Crippen molar-refractivity contribution in [1.29, 1.82) is 0 Å². The van der Waals surface area contributed by atoms with Crippen molar-refractivity contribution in [2.24, 2.45) is 5.73 Å². The molecule has 0 atom stereocenters. The van der Waals surface area contributed by atoms with Gasteiger partial charge in [0.05, 0.1) is 15.5 Å². The molecule has 0 unspecified atom stereocenters.